The minimum Gasteiger partial charge on any atom is -0.457 e. The van der Waals surface area contributed by atoms with Crippen molar-refractivity contribution >= 4 is 11.7 Å². The number of carbonyl (C=O) groups is 1. The smallest absolute Gasteiger partial charge is 0.338 e. The van der Waals surface area contributed by atoms with Gasteiger partial charge in [0, 0.05) is 5.69 Å². The molecule has 104 valence electrons. The first-order valence-corrected chi connectivity index (χ1v) is 6.72. The highest BCUT2D eigenvalue weighted by Gasteiger charge is 2.11. The molecule has 0 aliphatic rings. The first-order chi connectivity index (χ1) is 9.61. The van der Waals surface area contributed by atoms with Crippen LogP contribution in [-0.4, -0.2) is 5.97 Å². The lowest BCUT2D eigenvalue weighted by molar-refractivity contribution is 0.0472. The third-order valence-corrected chi connectivity index (χ3v) is 3.40. The Kier molecular flexibility index (Phi) is 4.41. The Morgan fingerprint density at radius 2 is 1.75 bits per heavy atom. The van der Waals surface area contributed by atoms with Gasteiger partial charge in [0.25, 0.3) is 0 Å². The van der Waals surface area contributed by atoms with E-state index in [4.69, 9.17) is 10.5 Å². The zero-order valence-corrected chi connectivity index (χ0v) is 11.8. The molecule has 20 heavy (non-hydrogen) atoms. The molecule has 0 aliphatic heterocycles. The molecule has 2 N–H and O–H groups in total. The number of nitrogen functional groups attached to an aromatic ring is 1. The van der Waals surface area contributed by atoms with Gasteiger partial charge in [-0.2, -0.15) is 0 Å². The first-order valence-electron chi connectivity index (χ1n) is 6.72. The highest BCUT2D eigenvalue weighted by atomic mass is 16.5. The van der Waals surface area contributed by atoms with Crippen molar-refractivity contribution in [3.05, 3.63) is 64.7 Å². The molecule has 0 aliphatic carbocycles. The maximum atomic E-state index is 12.0. The molecule has 0 heterocycles. The number of rotatable bonds is 4. The Morgan fingerprint density at radius 1 is 1.10 bits per heavy atom. The molecule has 0 bridgehead atoms. The summed E-state index contributed by atoms with van der Waals surface area (Å²) in [4.78, 5) is 12.0. The van der Waals surface area contributed by atoms with Crippen molar-refractivity contribution in [3.63, 3.8) is 0 Å². The van der Waals surface area contributed by atoms with Crippen LogP contribution in [0.5, 0.6) is 0 Å². The van der Waals surface area contributed by atoms with Crippen LogP contribution in [0.2, 0.25) is 0 Å². The fraction of sp³-hybridized carbons (Fsp3) is 0.235. The molecule has 0 radical (unpaired) electrons. The second-order valence-electron chi connectivity index (χ2n) is 4.77. The number of nitrogens with two attached hydrogens (primary N) is 1. The van der Waals surface area contributed by atoms with Gasteiger partial charge in [-0.1, -0.05) is 37.3 Å². The summed E-state index contributed by atoms with van der Waals surface area (Å²) in [5.41, 5.74) is 9.93. The summed E-state index contributed by atoms with van der Waals surface area (Å²) >= 11 is 0. The Balaban J connectivity index is 2.02. The van der Waals surface area contributed by atoms with Crippen molar-refractivity contribution in [1.29, 1.82) is 0 Å². The lowest BCUT2D eigenvalue weighted by Crippen LogP contribution is -2.08. The van der Waals surface area contributed by atoms with Gasteiger partial charge in [0.2, 0.25) is 0 Å². The van der Waals surface area contributed by atoms with Gasteiger partial charge in [-0.25, -0.2) is 4.79 Å². The zero-order valence-electron chi connectivity index (χ0n) is 11.8. The normalized spacial score (nSPS) is 10.3. The summed E-state index contributed by atoms with van der Waals surface area (Å²) in [7, 11) is 0. The largest absolute Gasteiger partial charge is 0.457 e. The summed E-state index contributed by atoms with van der Waals surface area (Å²) in [5.74, 6) is -0.339. The first kappa shape index (κ1) is 14.1. The maximum Gasteiger partial charge on any atom is 0.338 e. The van der Waals surface area contributed by atoms with Crippen molar-refractivity contribution < 1.29 is 9.53 Å². The zero-order chi connectivity index (χ0) is 14.5. The number of hydrogen-bond donors (Lipinski definition) is 1. The predicted molar refractivity (Wildman–Crippen MR) is 80.5 cm³/mol. The fourth-order valence-electron chi connectivity index (χ4n) is 1.97. The SMILES string of the molecule is CCc1ccc(COC(=O)c2cccc(N)c2C)cc1. The molecule has 2 aromatic carbocycles. The molecule has 0 atom stereocenters. The van der Waals surface area contributed by atoms with Crippen LogP contribution >= 0.6 is 0 Å². The van der Waals surface area contributed by atoms with E-state index in [1.807, 2.05) is 19.1 Å². The number of esters is 1. The summed E-state index contributed by atoms with van der Waals surface area (Å²) < 4.78 is 5.33. The number of aryl methyl sites for hydroxylation is 1. The molecular formula is C17H19NO2. The Hall–Kier alpha value is -2.29. The van der Waals surface area contributed by atoms with E-state index >= 15 is 0 Å². The van der Waals surface area contributed by atoms with Crippen LogP contribution in [0.15, 0.2) is 42.5 Å². The van der Waals surface area contributed by atoms with Crippen LogP contribution in [0.4, 0.5) is 5.69 Å². The lowest BCUT2D eigenvalue weighted by Gasteiger charge is -2.09. The average molecular weight is 269 g/mol. The van der Waals surface area contributed by atoms with Gasteiger partial charge < -0.3 is 10.5 Å². The van der Waals surface area contributed by atoms with E-state index in [0.29, 0.717) is 11.3 Å². The number of hydrogen-bond acceptors (Lipinski definition) is 3. The lowest BCUT2D eigenvalue weighted by atomic mass is 10.1. The number of carbonyl (C=O) groups excluding carboxylic acids is 1. The van der Waals surface area contributed by atoms with Crippen LogP contribution in [0.25, 0.3) is 0 Å². The maximum absolute atomic E-state index is 12.0. The van der Waals surface area contributed by atoms with Crippen molar-refractivity contribution in [3.8, 4) is 0 Å². The third kappa shape index (κ3) is 3.18. The molecular weight excluding hydrogens is 250 g/mol. The monoisotopic (exact) mass is 269 g/mol. The van der Waals surface area contributed by atoms with Gasteiger partial charge in [0.05, 0.1) is 5.56 Å². The van der Waals surface area contributed by atoms with Crippen LogP contribution in [0.1, 0.15) is 34.0 Å². The van der Waals surface area contributed by atoms with Crippen LogP contribution in [-0.2, 0) is 17.8 Å². The predicted octanol–water partition coefficient (Wildman–Crippen LogP) is 3.50. The van der Waals surface area contributed by atoms with E-state index in [9.17, 15) is 4.79 Å². The van der Waals surface area contributed by atoms with Gasteiger partial charge in [0.15, 0.2) is 0 Å². The Morgan fingerprint density at radius 3 is 2.40 bits per heavy atom. The summed E-state index contributed by atoms with van der Waals surface area (Å²) in [6.45, 7) is 4.21. The standard InChI is InChI=1S/C17H19NO2/c1-3-13-7-9-14(10-8-13)11-20-17(19)15-5-4-6-16(18)12(15)2/h4-10H,3,11,18H2,1-2H3. The van der Waals surface area contributed by atoms with Crippen molar-refractivity contribution in [2.45, 2.75) is 26.9 Å². The molecule has 3 heteroatoms. The van der Waals surface area contributed by atoms with Gasteiger partial charge >= 0.3 is 5.97 Å². The van der Waals surface area contributed by atoms with E-state index in [1.54, 1.807) is 18.2 Å². The molecule has 0 spiro atoms. The van der Waals surface area contributed by atoms with Crippen LogP contribution in [0.3, 0.4) is 0 Å². The fourth-order valence-corrected chi connectivity index (χ4v) is 1.97. The van der Waals surface area contributed by atoms with Gasteiger partial charge in [-0.3, -0.25) is 0 Å². The summed E-state index contributed by atoms with van der Waals surface area (Å²) in [6, 6.07) is 13.3. The summed E-state index contributed by atoms with van der Waals surface area (Å²) in [5, 5.41) is 0. The molecule has 0 saturated carbocycles. The summed E-state index contributed by atoms with van der Waals surface area (Å²) in [6.07, 6.45) is 1.00. The number of anilines is 1. The molecule has 2 aromatic rings. The quantitative estimate of drug-likeness (QED) is 0.682. The van der Waals surface area contributed by atoms with Gasteiger partial charge in [-0.15, -0.1) is 0 Å². The molecule has 0 unspecified atom stereocenters. The van der Waals surface area contributed by atoms with E-state index in [1.165, 1.54) is 5.56 Å². The van der Waals surface area contributed by atoms with Crippen molar-refractivity contribution in [2.75, 3.05) is 5.73 Å². The van der Waals surface area contributed by atoms with E-state index < -0.39 is 0 Å². The number of ether oxygens (including phenoxy) is 1. The highest BCUT2D eigenvalue weighted by molar-refractivity contribution is 5.92. The Bertz CT molecular complexity index is 603. The second kappa shape index (κ2) is 6.24. The van der Waals surface area contributed by atoms with Crippen molar-refractivity contribution in [2.24, 2.45) is 0 Å². The van der Waals surface area contributed by atoms with E-state index in [-0.39, 0.29) is 12.6 Å². The minimum absolute atomic E-state index is 0.275. The molecule has 0 fully saturated rings. The Labute approximate surface area is 119 Å². The third-order valence-electron chi connectivity index (χ3n) is 3.40. The van der Waals surface area contributed by atoms with E-state index in [0.717, 1.165) is 17.5 Å². The van der Waals surface area contributed by atoms with Crippen molar-refractivity contribution in [1.82, 2.24) is 0 Å². The molecule has 2 rings (SSSR count). The van der Waals surface area contributed by atoms with Crippen LogP contribution in [0, 0.1) is 6.92 Å². The average Bonchev–Trinajstić information content (AvgIpc) is 2.48. The molecule has 0 aromatic heterocycles. The highest BCUT2D eigenvalue weighted by Crippen LogP contribution is 2.17. The molecule has 3 nitrogen and oxygen atoms in total. The van der Waals surface area contributed by atoms with E-state index in [2.05, 4.69) is 19.1 Å². The second-order valence-corrected chi connectivity index (χ2v) is 4.77. The number of benzene rings is 2. The van der Waals surface area contributed by atoms with Gasteiger partial charge in [-0.05, 0) is 42.2 Å². The van der Waals surface area contributed by atoms with Crippen LogP contribution < -0.4 is 5.73 Å². The molecule has 0 amide bonds. The van der Waals surface area contributed by atoms with Gasteiger partial charge in [0.1, 0.15) is 6.61 Å². The minimum atomic E-state index is -0.339. The topological polar surface area (TPSA) is 52.3 Å². The molecule has 0 saturated heterocycles.